The molecule has 4 atom stereocenters. The minimum atomic E-state index is -0.0379. The lowest BCUT2D eigenvalue weighted by Crippen LogP contribution is -2.42. The van der Waals surface area contributed by atoms with E-state index in [2.05, 4.69) is 25.6 Å². The van der Waals surface area contributed by atoms with Gasteiger partial charge in [0.05, 0.1) is 7.11 Å². The zero-order chi connectivity index (χ0) is 16.2. The maximum atomic E-state index is 12.4. The van der Waals surface area contributed by atoms with Gasteiger partial charge in [0.2, 0.25) is 0 Å². The molecule has 0 N–H and O–H groups in total. The van der Waals surface area contributed by atoms with E-state index in [9.17, 15) is 4.79 Å². The van der Waals surface area contributed by atoms with Crippen molar-refractivity contribution >= 4 is 11.9 Å². The van der Waals surface area contributed by atoms with E-state index in [0.717, 1.165) is 43.4 Å². The lowest BCUT2D eigenvalue weighted by molar-refractivity contribution is -0.129. The first-order valence-corrected chi connectivity index (χ1v) is 8.95. The van der Waals surface area contributed by atoms with Gasteiger partial charge in [0, 0.05) is 17.4 Å². The second-order valence-corrected chi connectivity index (χ2v) is 7.83. The van der Waals surface area contributed by atoms with E-state index in [0.29, 0.717) is 23.5 Å². The topological polar surface area (TPSA) is 26.3 Å². The zero-order valence-electron chi connectivity index (χ0n) is 14.2. The lowest BCUT2D eigenvalue weighted by Gasteiger charge is -2.48. The van der Waals surface area contributed by atoms with Crippen molar-refractivity contribution in [2.24, 2.45) is 17.3 Å². The second kappa shape index (κ2) is 5.22. The van der Waals surface area contributed by atoms with Crippen molar-refractivity contribution in [3.63, 3.8) is 0 Å². The Morgan fingerprint density at radius 3 is 2.83 bits per heavy atom. The first-order valence-electron chi connectivity index (χ1n) is 8.95. The zero-order valence-corrected chi connectivity index (χ0v) is 14.2. The second-order valence-electron chi connectivity index (χ2n) is 7.83. The van der Waals surface area contributed by atoms with Crippen LogP contribution in [0.25, 0.3) is 6.08 Å². The standard InChI is InChI=1S/C21H26O2/c1-4-13-11-14-5-6-16-15(17(14)12-19(13)23-3)9-10-21(2)18(16)7-8-20(21)22/h4,11-12,15-16,18H,1,5-10H2,2-3H3. The fraction of sp³-hybridized carbons (Fsp3) is 0.571. The van der Waals surface area contributed by atoms with Crippen molar-refractivity contribution in [1.82, 2.24) is 0 Å². The Kier molecular flexibility index (Phi) is 3.40. The van der Waals surface area contributed by atoms with Crippen LogP contribution in [0.5, 0.6) is 5.75 Å². The number of aryl methyl sites for hydroxylation is 1. The predicted molar refractivity (Wildman–Crippen MR) is 92.7 cm³/mol. The molecule has 2 heteroatoms. The van der Waals surface area contributed by atoms with Crippen LogP contribution in [0.2, 0.25) is 0 Å². The van der Waals surface area contributed by atoms with E-state index >= 15 is 0 Å². The molecule has 0 spiro atoms. The first-order chi connectivity index (χ1) is 11.1. The Balaban J connectivity index is 1.75. The van der Waals surface area contributed by atoms with E-state index in [1.54, 1.807) is 7.11 Å². The molecule has 0 heterocycles. The molecule has 1 aromatic rings. The summed E-state index contributed by atoms with van der Waals surface area (Å²) >= 11 is 0. The van der Waals surface area contributed by atoms with Gasteiger partial charge >= 0.3 is 0 Å². The van der Waals surface area contributed by atoms with Gasteiger partial charge in [-0.25, -0.2) is 0 Å². The van der Waals surface area contributed by atoms with Crippen molar-refractivity contribution < 1.29 is 9.53 Å². The summed E-state index contributed by atoms with van der Waals surface area (Å²) in [6.45, 7) is 6.15. The molecule has 4 unspecified atom stereocenters. The van der Waals surface area contributed by atoms with Gasteiger partial charge in [-0.3, -0.25) is 4.79 Å². The average Bonchev–Trinajstić information content (AvgIpc) is 2.88. The van der Waals surface area contributed by atoms with Crippen molar-refractivity contribution in [3.8, 4) is 5.75 Å². The molecule has 3 aliphatic carbocycles. The highest BCUT2D eigenvalue weighted by molar-refractivity contribution is 5.87. The fourth-order valence-electron chi connectivity index (χ4n) is 5.73. The number of ether oxygens (including phenoxy) is 1. The van der Waals surface area contributed by atoms with E-state index in [1.807, 2.05) is 6.08 Å². The average molecular weight is 310 g/mol. The van der Waals surface area contributed by atoms with Crippen LogP contribution in [0.4, 0.5) is 0 Å². The van der Waals surface area contributed by atoms with Gasteiger partial charge in [-0.05, 0) is 73.1 Å². The van der Waals surface area contributed by atoms with E-state index in [1.165, 1.54) is 17.5 Å². The van der Waals surface area contributed by atoms with Crippen LogP contribution in [-0.4, -0.2) is 12.9 Å². The molecule has 2 fully saturated rings. The van der Waals surface area contributed by atoms with Crippen LogP contribution < -0.4 is 4.74 Å². The molecule has 0 aliphatic heterocycles. The fourth-order valence-corrected chi connectivity index (χ4v) is 5.73. The first kappa shape index (κ1) is 15.0. The number of hydrogen-bond donors (Lipinski definition) is 0. The number of Topliss-reactive ketones (excluding diaryl/α,β-unsaturated/α-hetero) is 1. The van der Waals surface area contributed by atoms with Crippen LogP contribution in [0.15, 0.2) is 18.7 Å². The van der Waals surface area contributed by atoms with E-state index in [-0.39, 0.29) is 5.41 Å². The summed E-state index contributed by atoms with van der Waals surface area (Å²) in [6, 6.07) is 4.52. The molecular weight excluding hydrogens is 284 g/mol. The van der Waals surface area contributed by atoms with Gasteiger partial charge in [-0.2, -0.15) is 0 Å². The van der Waals surface area contributed by atoms with Gasteiger partial charge in [-0.15, -0.1) is 0 Å². The summed E-state index contributed by atoms with van der Waals surface area (Å²) < 4.78 is 5.58. The monoisotopic (exact) mass is 310 g/mol. The number of hydrogen-bond acceptors (Lipinski definition) is 2. The van der Waals surface area contributed by atoms with Gasteiger partial charge < -0.3 is 4.74 Å². The number of carbonyl (C=O) groups excluding carboxylic acids is 1. The van der Waals surface area contributed by atoms with Crippen molar-refractivity contribution in [1.29, 1.82) is 0 Å². The number of ketones is 1. The smallest absolute Gasteiger partial charge is 0.139 e. The minimum Gasteiger partial charge on any atom is -0.496 e. The van der Waals surface area contributed by atoms with Crippen LogP contribution in [0.1, 0.15) is 61.6 Å². The highest BCUT2D eigenvalue weighted by atomic mass is 16.5. The Bertz CT molecular complexity index is 675. The lowest BCUT2D eigenvalue weighted by atomic mass is 9.55. The molecule has 0 bridgehead atoms. The molecule has 122 valence electrons. The predicted octanol–water partition coefficient (Wildman–Crippen LogP) is 4.76. The van der Waals surface area contributed by atoms with Crippen LogP contribution >= 0.6 is 0 Å². The SMILES string of the molecule is C=Cc1cc2c(cc1OC)C1CCC3(C)C(=O)CCC3C1CC2. The third kappa shape index (κ3) is 2.03. The number of fused-ring (bicyclic) bond motifs is 5. The van der Waals surface area contributed by atoms with Crippen LogP contribution in [0, 0.1) is 17.3 Å². The molecule has 3 aliphatic rings. The van der Waals surface area contributed by atoms with Crippen molar-refractivity contribution in [2.75, 3.05) is 7.11 Å². The molecule has 2 saturated carbocycles. The third-order valence-electron chi connectivity index (χ3n) is 7.00. The van der Waals surface area contributed by atoms with Gasteiger partial charge in [0.15, 0.2) is 0 Å². The molecule has 0 aromatic heterocycles. The summed E-state index contributed by atoms with van der Waals surface area (Å²) in [5.41, 5.74) is 4.01. The maximum Gasteiger partial charge on any atom is 0.139 e. The van der Waals surface area contributed by atoms with E-state index in [4.69, 9.17) is 4.74 Å². The van der Waals surface area contributed by atoms with Crippen molar-refractivity contribution in [3.05, 3.63) is 35.4 Å². The third-order valence-corrected chi connectivity index (χ3v) is 7.00. The summed E-state index contributed by atoms with van der Waals surface area (Å²) in [7, 11) is 1.74. The Hall–Kier alpha value is -1.57. The summed E-state index contributed by atoms with van der Waals surface area (Å²) in [4.78, 5) is 12.4. The number of benzene rings is 1. The molecule has 0 saturated heterocycles. The highest BCUT2D eigenvalue weighted by Crippen LogP contribution is 2.59. The van der Waals surface area contributed by atoms with Crippen LogP contribution in [-0.2, 0) is 11.2 Å². The van der Waals surface area contributed by atoms with Gasteiger partial charge in [0.25, 0.3) is 0 Å². The van der Waals surface area contributed by atoms with Crippen molar-refractivity contribution in [2.45, 2.75) is 51.4 Å². The largest absolute Gasteiger partial charge is 0.496 e. The number of rotatable bonds is 2. The molecule has 2 nitrogen and oxygen atoms in total. The molecule has 23 heavy (non-hydrogen) atoms. The molecule has 1 aromatic carbocycles. The van der Waals surface area contributed by atoms with Crippen LogP contribution in [0.3, 0.4) is 0 Å². The van der Waals surface area contributed by atoms with Gasteiger partial charge in [-0.1, -0.05) is 19.6 Å². The number of carbonyl (C=O) groups is 1. The summed E-state index contributed by atoms with van der Waals surface area (Å²) in [6.07, 6.45) is 8.36. The molecule has 4 rings (SSSR count). The number of methoxy groups -OCH3 is 1. The summed E-state index contributed by atoms with van der Waals surface area (Å²) in [5.74, 6) is 3.33. The Morgan fingerprint density at radius 1 is 1.26 bits per heavy atom. The quantitative estimate of drug-likeness (QED) is 0.787. The minimum absolute atomic E-state index is 0.0379. The summed E-state index contributed by atoms with van der Waals surface area (Å²) in [5, 5.41) is 0. The Labute approximate surface area is 138 Å². The highest BCUT2D eigenvalue weighted by Gasteiger charge is 2.54. The molecule has 0 amide bonds. The molecule has 0 radical (unpaired) electrons. The normalized spacial score (nSPS) is 35.2. The van der Waals surface area contributed by atoms with Gasteiger partial charge in [0.1, 0.15) is 11.5 Å². The Morgan fingerprint density at radius 2 is 2.09 bits per heavy atom. The van der Waals surface area contributed by atoms with E-state index < -0.39 is 0 Å². The maximum absolute atomic E-state index is 12.4. The molecular formula is C21H26O2.